The first-order valence-electron chi connectivity index (χ1n) is 16.0. The Hall–Kier alpha value is -3.94. The van der Waals surface area contributed by atoms with Gasteiger partial charge in [0.05, 0.1) is 53.4 Å². The van der Waals surface area contributed by atoms with Gasteiger partial charge in [0, 0.05) is 46.8 Å². The van der Waals surface area contributed by atoms with Crippen molar-refractivity contribution in [2.45, 2.75) is 79.3 Å². The Kier molecular flexibility index (Phi) is 12.5. The molecule has 0 unspecified atom stereocenters. The Morgan fingerprint density at radius 3 is 1.73 bits per heavy atom. The van der Waals surface area contributed by atoms with Gasteiger partial charge in [0.25, 0.3) is 5.91 Å². The van der Waals surface area contributed by atoms with Gasteiger partial charge in [-0.2, -0.15) is 0 Å². The van der Waals surface area contributed by atoms with Gasteiger partial charge in [-0.3, -0.25) is 19.2 Å². The highest BCUT2D eigenvalue weighted by molar-refractivity contribution is 6.31. The average Bonchev–Trinajstić information content (AvgIpc) is 3.06. The summed E-state index contributed by atoms with van der Waals surface area (Å²) in [6, 6.07) is 0. The molecule has 4 rings (SSSR count). The number of phenolic OH excluding ortho intramolecular Hbond substituents is 2. The van der Waals surface area contributed by atoms with Gasteiger partial charge in [-0.25, -0.2) is 0 Å². The van der Waals surface area contributed by atoms with E-state index < -0.39 is 118 Å². The molecule has 1 aromatic rings. The standard InChI is InChI=1S/C36H47NO11/c1-8-21-11-9-10-15(2)36(48)37-23-13-24(39)25-26(33(45)20(7)34(46)27(25)35(23)47)28(40)16(3)12-22(14-38)32(44)19(6)30(42)17(4)29(41)18(5)31(21)43/h9-13,17-19,21-22,29-32,38,41-46H,8,14H2,1-7H3,(H,37,48)/b11-9-,15-10-,16-12-/t17-,18+,19-,21+,22-,29+,30+,31+,32+/m0/s1. The monoisotopic (exact) mass is 669 g/mol. The fourth-order valence-corrected chi connectivity index (χ4v) is 6.36. The highest BCUT2D eigenvalue weighted by atomic mass is 16.3. The van der Waals surface area contributed by atoms with Gasteiger partial charge in [-0.1, -0.05) is 52.0 Å². The van der Waals surface area contributed by atoms with Gasteiger partial charge >= 0.3 is 0 Å². The molecule has 0 saturated carbocycles. The lowest BCUT2D eigenvalue weighted by atomic mass is 9.76. The molecule has 1 aliphatic carbocycles. The molecule has 2 aliphatic heterocycles. The highest BCUT2D eigenvalue weighted by Gasteiger charge is 2.40. The van der Waals surface area contributed by atoms with E-state index in [0.717, 1.165) is 6.08 Å². The summed E-state index contributed by atoms with van der Waals surface area (Å²) in [6.07, 6.45) is 2.09. The predicted molar refractivity (Wildman–Crippen MR) is 176 cm³/mol. The minimum Gasteiger partial charge on any atom is -0.507 e. The van der Waals surface area contributed by atoms with E-state index >= 15 is 0 Å². The molecule has 9 atom stereocenters. The number of carbonyl (C=O) groups is 4. The fraction of sp³-hybridized carbons (Fsp3) is 0.500. The smallest absolute Gasteiger partial charge is 0.251 e. The van der Waals surface area contributed by atoms with E-state index in [4.69, 9.17) is 0 Å². The molecule has 2 heterocycles. The summed E-state index contributed by atoms with van der Waals surface area (Å²) in [7, 11) is 0. The average molecular weight is 670 g/mol. The van der Waals surface area contributed by atoms with Crippen molar-refractivity contribution in [3.63, 3.8) is 0 Å². The lowest BCUT2D eigenvalue weighted by molar-refractivity contribution is -0.116. The third-order valence-electron chi connectivity index (χ3n) is 9.83. The first-order valence-corrected chi connectivity index (χ1v) is 16.0. The lowest BCUT2D eigenvalue weighted by Crippen LogP contribution is -2.46. The molecular weight excluding hydrogens is 622 g/mol. The largest absolute Gasteiger partial charge is 0.507 e. The Bertz CT molecular complexity index is 1590. The SMILES string of the molecule is CC[C@@H]1/C=C\C=C(\C)C(=O)NC2=CC(=O)c3c(c(O)c(C)c(O)c3C(=O)/C(C)=C\[C@@H](CO)[C@H](O)[C@@H](C)[C@H](O)[C@@H](C)[C@@H](O)[C@@H](C)[C@H]1O)C2=O. The zero-order valence-corrected chi connectivity index (χ0v) is 28.3. The molecule has 12 heteroatoms. The van der Waals surface area contributed by atoms with Crippen molar-refractivity contribution in [1.82, 2.24) is 5.32 Å². The van der Waals surface area contributed by atoms with Crippen LogP contribution in [0.25, 0.3) is 0 Å². The van der Waals surface area contributed by atoms with Gasteiger partial charge in [0.1, 0.15) is 11.5 Å². The Morgan fingerprint density at radius 1 is 0.708 bits per heavy atom. The second-order valence-corrected chi connectivity index (χ2v) is 13.0. The number of amides is 1. The summed E-state index contributed by atoms with van der Waals surface area (Å²) >= 11 is 0. The summed E-state index contributed by atoms with van der Waals surface area (Å²) in [5, 5.41) is 79.1. The van der Waals surface area contributed by atoms with Crippen molar-refractivity contribution < 1.29 is 54.9 Å². The van der Waals surface area contributed by atoms with Gasteiger partial charge < -0.3 is 41.1 Å². The number of carbonyl (C=O) groups excluding carboxylic acids is 4. The minimum atomic E-state index is -1.44. The third-order valence-corrected chi connectivity index (χ3v) is 9.83. The van der Waals surface area contributed by atoms with Crippen molar-refractivity contribution in [2.24, 2.45) is 29.6 Å². The van der Waals surface area contributed by atoms with Crippen molar-refractivity contribution in [1.29, 1.82) is 0 Å². The van der Waals surface area contributed by atoms with Crippen LogP contribution < -0.4 is 5.32 Å². The second-order valence-electron chi connectivity index (χ2n) is 13.0. The molecule has 0 aromatic heterocycles. The number of hydrogen-bond donors (Lipinski definition) is 8. The number of aliphatic hydroxyl groups is 5. The van der Waals surface area contributed by atoms with E-state index in [1.165, 1.54) is 45.9 Å². The molecule has 262 valence electrons. The number of nitrogens with one attached hydrogen (secondary N) is 1. The van der Waals surface area contributed by atoms with Crippen LogP contribution in [0.2, 0.25) is 0 Å². The number of hydrogen-bond acceptors (Lipinski definition) is 11. The number of aromatic hydroxyl groups is 2. The molecule has 48 heavy (non-hydrogen) atoms. The number of ketones is 3. The predicted octanol–water partition coefficient (Wildman–Crippen LogP) is 2.42. The number of phenols is 2. The van der Waals surface area contributed by atoms with Crippen LogP contribution in [0.15, 0.2) is 47.2 Å². The van der Waals surface area contributed by atoms with E-state index in [9.17, 15) is 54.9 Å². The molecular formula is C36H47NO11. The molecule has 12 nitrogen and oxygen atoms in total. The van der Waals surface area contributed by atoms with Crippen molar-refractivity contribution in [3.05, 3.63) is 69.5 Å². The molecule has 0 radical (unpaired) electrons. The molecule has 3 aliphatic rings. The topological polar surface area (TPSA) is 222 Å². The Balaban J connectivity index is 2.24. The molecule has 4 bridgehead atoms. The summed E-state index contributed by atoms with van der Waals surface area (Å²) < 4.78 is 0. The van der Waals surface area contributed by atoms with Crippen LogP contribution in [-0.4, -0.2) is 90.0 Å². The second kappa shape index (κ2) is 15.5. The molecule has 0 spiro atoms. The molecule has 1 amide bonds. The van der Waals surface area contributed by atoms with E-state index in [2.05, 4.69) is 5.32 Å². The highest BCUT2D eigenvalue weighted by Crippen LogP contribution is 2.41. The summed E-state index contributed by atoms with van der Waals surface area (Å²) in [5.41, 5.74) is -2.48. The molecule has 1 aromatic carbocycles. The Labute approximate surface area is 279 Å². The van der Waals surface area contributed by atoms with Gasteiger partial charge in [0.15, 0.2) is 11.6 Å². The van der Waals surface area contributed by atoms with Crippen LogP contribution in [-0.2, 0) is 4.79 Å². The number of rotatable bonds is 2. The molecule has 8 N–H and O–H groups in total. The molecule has 0 saturated heterocycles. The first kappa shape index (κ1) is 38.5. The molecule has 0 fully saturated rings. The maximum absolute atomic E-state index is 13.8. The number of Topliss-reactive ketones (excluding diaryl/α,β-unsaturated/α-hetero) is 2. The number of benzene rings is 1. The first-order chi connectivity index (χ1) is 22.4. The summed E-state index contributed by atoms with van der Waals surface area (Å²) in [6.45, 7) is 9.88. The minimum absolute atomic E-state index is 0.125. The van der Waals surface area contributed by atoms with Crippen LogP contribution in [0.4, 0.5) is 0 Å². The van der Waals surface area contributed by atoms with Crippen molar-refractivity contribution in [2.75, 3.05) is 6.61 Å². The van der Waals surface area contributed by atoms with Crippen LogP contribution >= 0.6 is 0 Å². The zero-order chi connectivity index (χ0) is 36.4. The van der Waals surface area contributed by atoms with Gasteiger partial charge in [-0.15, -0.1) is 0 Å². The van der Waals surface area contributed by atoms with Gasteiger partial charge in [-0.05, 0) is 32.8 Å². The lowest BCUT2D eigenvalue weighted by Gasteiger charge is -2.37. The van der Waals surface area contributed by atoms with Crippen LogP contribution in [0.1, 0.15) is 84.6 Å². The zero-order valence-electron chi connectivity index (χ0n) is 28.3. The van der Waals surface area contributed by atoms with E-state index in [0.29, 0.717) is 6.42 Å². The third kappa shape index (κ3) is 7.37. The van der Waals surface area contributed by atoms with Crippen LogP contribution in [0, 0.1) is 36.5 Å². The van der Waals surface area contributed by atoms with Gasteiger partial charge in [0.2, 0.25) is 5.78 Å². The summed E-state index contributed by atoms with van der Waals surface area (Å²) in [5.74, 6) is -9.22. The maximum atomic E-state index is 13.8. The maximum Gasteiger partial charge on any atom is 0.251 e. The van der Waals surface area contributed by atoms with E-state index in [1.54, 1.807) is 19.9 Å². The Morgan fingerprint density at radius 2 is 1.21 bits per heavy atom. The fourth-order valence-electron chi connectivity index (χ4n) is 6.36. The van der Waals surface area contributed by atoms with Crippen LogP contribution in [0.3, 0.4) is 0 Å². The van der Waals surface area contributed by atoms with Crippen molar-refractivity contribution >= 4 is 23.3 Å². The number of aliphatic hydroxyl groups excluding tert-OH is 5. The normalized spacial score (nSPS) is 34.1. The van der Waals surface area contributed by atoms with Crippen molar-refractivity contribution in [3.8, 4) is 11.5 Å². The van der Waals surface area contributed by atoms with E-state index in [-0.39, 0.29) is 16.7 Å². The van der Waals surface area contributed by atoms with E-state index in [1.807, 2.05) is 6.92 Å². The number of fused-ring (bicyclic) bond motifs is 15. The number of allylic oxidation sites excluding steroid dienone is 5. The summed E-state index contributed by atoms with van der Waals surface area (Å²) in [4.78, 5) is 53.8. The quantitative estimate of drug-likeness (QED) is 0.228. The van der Waals surface area contributed by atoms with Crippen LogP contribution in [0.5, 0.6) is 11.5 Å².